The molecule has 1 heterocycles. The average Bonchev–Trinajstić information content (AvgIpc) is 2.88. The lowest BCUT2D eigenvalue weighted by molar-refractivity contribution is 0.600. The molecule has 5 N–H and O–H groups in total. The molecule has 0 aliphatic rings. The second-order valence-electron chi connectivity index (χ2n) is 7.23. The molecule has 186 valence electrons. The van der Waals surface area contributed by atoms with Crippen molar-refractivity contribution in [2.24, 2.45) is 10.7 Å². The number of hydrogen-bond donors (Lipinski definition) is 4. The Balaban J connectivity index is 2.07. The molecule has 0 unspecified atom stereocenters. The van der Waals surface area contributed by atoms with Gasteiger partial charge in [-0.3, -0.25) is 4.99 Å². The second kappa shape index (κ2) is 12.5. The quantitative estimate of drug-likeness (QED) is 0.171. The van der Waals surface area contributed by atoms with E-state index in [4.69, 9.17) is 5.73 Å². The summed E-state index contributed by atoms with van der Waals surface area (Å²) in [6.45, 7) is 9.84. The molecule has 0 aliphatic heterocycles. The monoisotopic (exact) mass is 511 g/mol. The molecule has 0 spiro atoms. The fourth-order valence-electron chi connectivity index (χ4n) is 2.98. The number of nitrogens with two attached hydrogens (primary N) is 1. The van der Waals surface area contributed by atoms with E-state index in [0.29, 0.717) is 34.8 Å². The van der Waals surface area contributed by atoms with E-state index in [9.17, 15) is 12.7 Å². The zero-order chi connectivity index (χ0) is 26.1. The third-order valence-corrected chi connectivity index (χ3v) is 5.23. The normalized spacial score (nSPS) is 11.4. The Hall–Kier alpha value is -4.25. The van der Waals surface area contributed by atoms with E-state index in [1.54, 1.807) is 0 Å². The second-order valence-corrected chi connectivity index (χ2v) is 7.82. The minimum absolute atomic E-state index is 0.0845. The summed E-state index contributed by atoms with van der Waals surface area (Å²) in [6.07, 6.45) is 5.77. The maximum Gasteiger partial charge on any atom is 0.229 e. The summed E-state index contributed by atoms with van der Waals surface area (Å²) in [5.41, 5.74) is 7.95. The molecule has 7 nitrogen and oxygen atoms in total. The zero-order valence-electron chi connectivity index (χ0n) is 19.4. The Morgan fingerprint density at radius 2 is 1.97 bits per heavy atom. The van der Waals surface area contributed by atoms with E-state index >= 15 is 0 Å². The molecule has 2 aromatic carbocycles. The van der Waals surface area contributed by atoms with Gasteiger partial charge in [0.15, 0.2) is 0 Å². The summed E-state index contributed by atoms with van der Waals surface area (Å²) in [4.78, 5) is 12.7. The average molecular weight is 512 g/mol. The van der Waals surface area contributed by atoms with Gasteiger partial charge in [0.1, 0.15) is 17.5 Å². The molecule has 1 aromatic heterocycles. The van der Waals surface area contributed by atoms with Gasteiger partial charge in [0, 0.05) is 42.1 Å². The van der Waals surface area contributed by atoms with Crippen LogP contribution < -0.4 is 21.7 Å². The van der Waals surface area contributed by atoms with Gasteiger partial charge in [0.2, 0.25) is 5.95 Å². The minimum atomic E-state index is -0.752. The molecule has 36 heavy (non-hydrogen) atoms. The SMILES string of the molecule is C=CC(=C)Nc1ccc(F)c(Nc2nc(N/C(C=NCC)=C/N)ncc2-c2ccc(SF)c(F)c2)c1. The van der Waals surface area contributed by atoms with Crippen LogP contribution in [0.2, 0.25) is 0 Å². The number of nitrogens with zero attached hydrogens (tertiary/aromatic N) is 3. The molecule has 0 saturated heterocycles. The number of rotatable bonds is 11. The molecule has 0 radical (unpaired) electrons. The predicted molar refractivity (Wildman–Crippen MR) is 142 cm³/mol. The van der Waals surface area contributed by atoms with Crippen molar-refractivity contribution in [2.45, 2.75) is 11.8 Å². The van der Waals surface area contributed by atoms with E-state index in [2.05, 4.69) is 44.1 Å². The van der Waals surface area contributed by atoms with Gasteiger partial charge in [0.25, 0.3) is 0 Å². The van der Waals surface area contributed by atoms with Gasteiger partial charge in [-0.2, -0.15) is 8.87 Å². The maximum atomic E-state index is 14.7. The van der Waals surface area contributed by atoms with E-state index in [1.807, 2.05) is 6.92 Å². The Morgan fingerprint density at radius 1 is 1.17 bits per heavy atom. The number of benzene rings is 2. The predicted octanol–water partition coefficient (Wildman–Crippen LogP) is 6.56. The van der Waals surface area contributed by atoms with Gasteiger partial charge in [-0.15, -0.1) is 0 Å². The van der Waals surface area contributed by atoms with Crippen LogP contribution in [-0.2, 0) is 0 Å². The van der Waals surface area contributed by atoms with Gasteiger partial charge in [-0.1, -0.05) is 19.2 Å². The van der Waals surface area contributed by atoms with Gasteiger partial charge in [-0.25, -0.2) is 13.8 Å². The fourth-order valence-corrected chi connectivity index (χ4v) is 3.23. The Bertz CT molecular complexity index is 1330. The number of aliphatic imine (C=N–C) groups is 1. The number of hydrogen-bond acceptors (Lipinski definition) is 8. The number of aromatic nitrogens is 2. The highest BCUT2D eigenvalue weighted by Crippen LogP contribution is 2.34. The van der Waals surface area contributed by atoms with Crippen LogP contribution in [0.15, 0.2) is 89.3 Å². The summed E-state index contributed by atoms with van der Waals surface area (Å²) in [5, 5.41) is 8.86. The Labute approximate surface area is 211 Å². The smallest absolute Gasteiger partial charge is 0.229 e. The zero-order valence-corrected chi connectivity index (χ0v) is 20.2. The van der Waals surface area contributed by atoms with Gasteiger partial charge < -0.3 is 21.7 Å². The van der Waals surface area contributed by atoms with Crippen LogP contribution >= 0.6 is 12.1 Å². The highest BCUT2D eigenvalue weighted by atomic mass is 32.2. The summed E-state index contributed by atoms with van der Waals surface area (Å²) < 4.78 is 42.0. The lowest BCUT2D eigenvalue weighted by atomic mass is 10.1. The summed E-state index contributed by atoms with van der Waals surface area (Å²) >= 11 is -0.199. The van der Waals surface area contributed by atoms with Crippen molar-refractivity contribution in [3.05, 3.63) is 91.1 Å². The number of halogens is 3. The molecule has 0 fully saturated rings. The minimum Gasteiger partial charge on any atom is -0.403 e. The number of nitrogens with one attached hydrogen (secondary N) is 3. The van der Waals surface area contributed by atoms with Crippen molar-refractivity contribution >= 4 is 41.5 Å². The highest BCUT2D eigenvalue weighted by Gasteiger charge is 2.15. The summed E-state index contributed by atoms with van der Waals surface area (Å²) in [6, 6.07) is 8.30. The van der Waals surface area contributed by atoms with Crippen LogP contribution in [-0.4, -0.2) is 22.7 Å². The molecule has 0 amide bonds. The molecule has 3 rings (SSSR count). The van der Waals surface area contributed by atoms with Crippen molar-refractivity contribution in [1.82, 2.24) is 9.97 Å². The van der Waals surface area contributed by atoms with Gasteiger partial charge in [-0.05, 0) is 48.9 Å². The summed E-state index contributed by atoms with van der Waals surface area (Å²) in [7, 11) is 0. The van der Waals surface area contributed by atoms with Crippen molar-refractivity contribution in [3.63, 3.8) is 0 Å². The van der Waals surface area contributed by atoms with Crippen LogP contribution in [0.5, 0.6) is 0 Å². The van der Waals surface area contributed by atoms with Crippen molar-refractivity contribution in [3.8, 4) is 11.1 Å². The van der Waals surface area contributed by atoms with E-state index in [-0.39, 0.29) is 34.5 Å². The molecule has 3 aromatic rings. The number of anilines is 4. The summed E-state index contributed by atoms with van der Waals surface area (Å²) in [5.74, 6) is -1.02. The molecule has 11 heteroatoms. The third kappa shape index (κ3) is 6.66. The van der Waals surface area contributed by atoms with Crippen LogP contribution in [0, 0.1) is 11.6 Å². The van der Waals surface area contributed by atoms with Gasteiger partial charge in [0.05, 0.1) is 28.4 Å². The third-order valence-electron chi connectivity index (χ3n) is 4.73. The number of allylic oxidation sites excluding steroid dienone is 2. The molecular formula is C25H24F3N7S. The van der Waals surface area contributed by atoms with Crippen LogP contribution in [0.3, 0.4) is 0 Å². The molecule has 0 atom stereocenters. The van der Waals surface area contributed by atoms with E-state index in [1.165, 1.54) is 55.0 Å². The van der Waals surface area contributed by atoms with Crippen LogP contribution in [0.1, 0.15) is 6.92 Å². The molecule has 0 bridgehead atoms. The van der Waals surface area contributed by atoms with Crippen LogP contribution in [0.4, 0.5) is 35.8 Å². The molecule has 0 saturated carbocycles. The van der Waals surface area contributed by atoms with E-state index in [0.717, 1.165) is 6.07 Å². The topological polar surface area (TPSA) is 100 Å². The first-order valence-corrected chi connectivity index (χ1v) is 11.4. The molecular weight excluding hydrogens is 487 g/mol. The van der Waals surface area contributed by atoms with Crippen molar-refractivity contribution < 1.29 is 12.7 Å². The first-order chi connectivity index (χ1) is 17.4. The first-order valence-electron chi connectivity index (χ1n) is 10.7. The maximum absolute atomic E-state index is 14.7. The largest absolute Gasteiger partial charge is 0.403 e. The molecule has 0 aliphatic carbocycles. The van der Waals surface area contributed by atoms with E-state index < -0.39 is 11.6 Å². The van der Waals surface area contributed by atoms with Crippen LogP contribution in [0.25, 0.3) is 11.1 Å². The van der Waals surface area contributed by atoms with Gasteiger partial charge >= 0.3 is 0 Å². The van der Waals surface area contributed by atoms with Crippen molar-refractivity contribution in [2.75, 3.05) is 22.5 Å². The Morgan fingerprint density at radius 3 is 2.64 bits per heavy atom. The Kier molecular flexibility index (Phi) is 9.12. The highest BCUT2D eigenvalue weighted by molar-refractivity contribution is 7.94. The fraction of sp³-hybridized carbons (Fsp3) is 0.0800. The lowest BCUT2D eigenvalue weighted by Crippen LogP contribution is -2.09. The first kappa shape index (κ1) is 26.4. The van der Waals surface area contributed by atoms with Crippen molar-refractivity contribution in [1.29, 1.82) is 0 Å². The standard InChI is InChI=1S/C25H24F3N7S/c1-4-15(3)32-17-7-8-20(26)22(11-17)34-24-19(16-6-9-23(36-28)21(27)10-16)14-31-25(35-24)33-18(12-29)13-30-5-2/h4,6-14,32H,1,3,5,29H2,2H3,(H2,31,33,34,35)/b18-12+,30-13?. The lowest BCUT2D eigenvalue weighted by Gasteiger charge is -2.15.